The Morgan fingerprint density at radius 1 is 1.42 bits per heavy atom. The number of nitrogens with one attached hydrogen (secondary N) is 1. The molecule has 0 aliphatic carbocycles. The van der Waals surface area contributed by atoms with Gasteiger partial charge >= 0.3 is 0 Å². The first-order valence-electron chi connectivity index (χ1n) is 6.33. The SMILES string of the molecule is CC(C)c1ccn(-c2cc3c(cc2N)CC(=O)N3)n1. The highest BCUT2D eigenvalue weighted by Crippen LogP contribution is 2.30. The highest BCUT2D eigenvalue weighted by atomic mass is 16.1. The Balaban J connectivity index is 2.05. The van der Waals surface area contributed by atoms with Gasteiger partial charge in [0, 0.05) is 11.9 Å². The van der Waals surface area contributed by atoms with Crippen LogP contribution in [0, 0.1) is 0 Å². The van der Waals surface area contributed by atoms with E-state index in [1.54, 1.807) is 4.68 Å². The Kier molecular flexibility index (Phi) is 2.55. The number of hydrogen-bond donors (Lipinski definition) is 2. The van der Waals surface area contributed by atoms with Crippen LogP contribution in [0.25, 0.3) is 5.69 Å². The van der Waals surface area contributed by atoms with Crippen molar-refractivity contribution in [2.45, 2.75) is 26.2 Å². The lowest BCUT2D eigenvalue weighted by Crippen LogP contribution is -2.04. The molecule has 19 heavy (non-hydrogen) atoms. The predicted molar refractivity (Wildman–Crippen MR) is 74.4 cm³/mol. The van der Waals surface area contributed by atoms with Crippen molar-refractivity contribution in [2.24, 2.45) is 0 Å². The van der Waals surface area contributed by atoms with Gasteiger partial charge in [-0.2, -0.15) is 5.10 Å². The minimum Gasteiger partial charge on any atom is -0.397 e. The molecule has 5 nitrogen and oxygen atoms in total. The van der Waals surface area contributed by atoms with E-state index in [1.165, 1.54) is 0 Å². The highest BCUT2D eigenvalue weighted by Gasteiger charge is 2.20. The van der Waals surface area contributed by atoms with E-state index in [1.807, 2.05) is 24.4 Å². The van der Waals surface area contributed by atoms with Crippen molar-refractivity contribution >= 4 is 17.3 Å². The van der Waals surface area contributed by atoms with E-state index in [9.17, 15) is 4.79 Å². The van der Waals surface area contributed by atoms with Gasteiger partial charge in [0.15, 0.2) is 0 Å². The van der Waals surface area contributed by atoms with Crippen LogP contribution in [0.4, 0.5) is 11.4 Å². The summed E-state index contributed by atoms with van der Waals surface area (Å²) in [5.74, 6) is 0.381. The second kappa shape index (κ2) is 4.12. The van der Waals surface area contributed by atoms with Gasteiger partial charge in [0.25, 0.3) is 0 Å². The molecule has 1 amide bonds. The molecule has 3 N–H and O–H groups in total. The fraction of sp³-hybridized carbons (Fsp3) is 0.286. The Morgan fingerprint density at radius 3 is 2.89 bits per heavy atom. The third-order valence-corrected chi connectivity index (χ3v) is 3.33. The zero-order valence-corrected chi connectivity index (χ0v) is 11.0. The van der Waals surface area contributed by atoms with Gasteiger partial charge in [-0.25, -0.2) is 4.68 Å². The molecule has 3 rings (SSSR count). The second-order valence-electron chi connectivity index (χ2n) is 5.13. The number of anilines is 2. The molecule has 0 saturated heterocycles. The number of rotatable bonds is 2. The van der Waals surface area contributed by atoms with Crippen molar-refractivity contribution in [2.75, 3.05) is 11.1 Å². The van der Waals surface area contributed by atoms with Gasteiger partial charge in [0.2, 0.25) is 5.91 Å². The van der Waals surface area contributed by atoms with Crippen molar-refractivity contribution in [3.63, 3.8) is 0 Å². The lowest BCUT2D eigenvalue weighted by atomic mass is 10.1. The number of carbonyl (C=O) groups excluding carboxylic acids is 1. The van der Waals surface area contributed by atoms with E-state index >= 15 is 0 Å². The first-order valence-corrected chi connectivity index (χ1v) is 6.33. The van der Waals surface area contributed by atoms with Gasteiger partial charge in [-0.1, -0.05) is 13.8 Å². The van der Waals surface area contributed by atoms with Crippen LogP contribution in [-0.4, -0.2) is 15.7 Å². The third-order valence-electron chi connectivity index (χ3n) is 3.33. The normalized spacial score (nSPS) is 13.7. The van der Waals surface area contributed by atoms with Crippen LogP contribution in [0.3, 0.4) is 0 Å². The second-order valence-corrected chi connectivity index (χ2v) is 5.13. The topological polar surface area (TPSA) is 72.9 Å². The van der Waals surface area contributed by atoms with Crippen LogP contribution in [0.5, 0.6) is 0 Å². The molecular formula is C14H16N4O. The van der Waals surface area contributed by atoms with Crippen molar-refractivity contribution in [3.05, 3.63) is 35.7 Å². The maximum absolute atomic E-state index is 11.4. The Bertz CT molecular complexity index is 657. The number of nitrogens with zero attached hydrogens (tertiary/aromatic N) is 2. The van der Waals surface area contributed by atoms with Crippen molar-refractivity contribution in [1.29, 1.82) is 0 Å². The van der Waals surface area contributed by atoms with Gasteiger partial charge in [-0.3, -0.25) is 4.79 Å². The summed E-state index contributed by atoms with van der Waals surface area (Å²) in [4.78, 5) is 11.4. The molecule has 5 heteroatoms. The molecule has 1 aromatic carbocycles. The Labute approximate surface area is 111 Å². The maximum atomic E-state index is 11.4. The van der Waals surface area contributed by atoms with Crippen LogP contribution < -0.4 is 11.1 Å². The number of carbonyl (C=O) groups is 1. The molecule has 1 aliphatic heterocycles. The van der Waals surface area contributed by atoms with E-state index in [-0.39, 0.29) is 5.91 Å². The molecule has 0 fully saturated rings. The molecular weight excluding hydrogens is 240 g/mol. The number of hydrogen-bond acceptors (Lipinski definition) is 3. The monoisotopic (exact) mass is 256 g/mol. The summed E-state index contributed by atoms with van der Waals surface area (Å²) in [6.07, 6.45) is 2.29. The average Bonchev–Trinajstić information content (AvgIpc) is 2.92. The Morgan fingerprint density at radius 2 is 2.21 bits per heavy atom. The van der Waals surface area contributed by atoms with Gasteiger partial charge < -0.3 is 11.1 Å². The minimum atomic E-state index is 0.00915. The molecule has 0 bridgehead atoms. The van der Waals surface area contributed by atoms with Crippen LogP contribution in [0.2, 0.25) is 0 Å². The van der Waals surface area contributed by atoms with E-state index in [0.717, 1.165) is 22.6 Å². The lowest BCUT2D eigenvalue weighted by molar-refractivity contribution is -0.115. The van der Waals surface area contributed by atoms with E-state index in [2.05, 4.69) is 24.3 Å². The van der Waals surface area contributed by atoms with Crippen molar-refractivity contribution in [1.82, 2.24) is 9.78 Å². The smallest absolute Gasteiger partial charge is 0.228 e. The summed E-state index contributed by atoms with van der Waals surface area (Å²) in [6, 6.07) is 5.71. The average molecular weight is 256 g/mol. The summed E-state index contributed by atoms with van der Waals surface area (Å²) in [7, 11) is 0. The lowest BCUT2D eigenvalue weighted by Gasteiger charge is -2.09. The third kappa shape index (κ3) is 1.97. The summed E-state index contributed by atoms with van der Waals surface area (Å²) in [6.45, 7) is 4.19. The number of nitrogen functional groups attached to an aromatic ring is 1. The van der Waals surface area contributed by atoms with Gasteiger partial charge in [-0.05, 0) is 29.7 Å². The first kappa shape index (κ1) is 11.8. The summed E-state index contributed by atoms with van der Waals surface area (Å²) >= 11 is 0. The molecule has 0 atom stereocenters. The summed E-state index contributed by atoms with van der Waals surface area (Å²) in [5, 5.41) is 7.34. The predicted octanol–water partition coefficient (Wildman–Crippen LogP) is 2.07. The molecule has 1 aromatic heterocycles. The van der Waals surface area contributed by atoms with E-state index in [0.29, 0.717) is 18.0 Å². The Hall–Kier alpha value is -2.30. The van der Waals surface area contributed by atoms with E-state index in [4.69, 9.17) is 5.73 Å². The zero-order valence-electron chi connectivity index (χ0n) is 11.0. The van der Waals surface area contributed by atoms with Crippen molar-refractivity contribution in [3.8, 4) is 5.69 Å². The fourth-order valence-electron chi connectivity index (χ4n) is 2.26. The minimum absolute atomic E-state index is 0.00915. The van der Waals surface area contributed by atoms with Crippen LogP contribution in [-0.2, 0) is 11.2 Å². The summed E-state index contributed by atoms with van der Waals surface area (Å²) in [5.41, 5.74) is 10.3. The molecule has 0 radical (unpaired) electrons. The quantitative estimate of drug-likeness (QED) is 0.808. The maximum Gasteiger partial charge on any atom is 0.228 e. The number of aromatic nitrogens is 2. The molecule has 0 saturated carbocycles. The van der Waals surface area contributed by atoms with Crippen molar-refractivity contribution < 1.29 is 4.79 Å². The molecule has 98 valence electrons. The van der Waals surface area contributed by atoms with E-state index < -0.39 is 0 Å². The van der Waals surface area contributed by atoms with Crippen LogP contribution in [0.15, 0.2) is 24.4 Å². The largest absolute Gasteiger partial charge is 0.397 e. The van der Waals surface area contributed by atoms with Crippen LogP contribution >= 0.6 is 0 Å². The molecule has 2 aromatic rings. The van der Waals surface area contributed by atoms with Gasteiger partial charge in [-0.15, -0.1) is 0 Å². The van der Waals surface area contributed by atoms with Gasteiger partial charge in [0.1, 0.15) is 0 Å². The highest BCUT2D eigenvalue weighted by molar-refractivity contribution is 6.00. The summed E-state index contributed by atoms with van der Waals surface area (Å²) < 4.78 is 1.76. The molecule has 0 spiro atoms. The fourth-order valence-corrected chi connectivity index (χ4v) is 2.26. The van der Waals surface area contributed by atoms with Crippen LogP contribution in [0.1, 0.15) is 31.0 Å². The first-order chi connectivity index (χ1) is 9.04. The number of amides is 1. The zero-order chi connectivity index (χ0) is 13.6. The molecule has 0 unspecified atom stereocenters. The standard InChI is InChI=1S/C14H16N4O/c1-8(2)11-3-4-18(17-11)13-7-12-9(5-10(13)15)6-14(19)16-12/h3-5,7-8H,6,15H2,1-2H3,(H,16,19). The molecule has 2 heterocycles. The number of benzene rings is 1. The van der Waals surface area contributed by atoms with Gasteiger partial charge in [0.05, 0.1) is 23.5 Å². The molecule has 1 aliphatic rings. The number of nitrogens with two attached hydrogens (primary N) is 1. The number of fused-ring (bicyclic) bond motifs is 1.